The fourth-order valence-electron chi connectivity index (χ4n) is 3.82. The van der Waals surface area contributed by atoms with Gasteiger partial charge in [-0.2, -0.15) is 0 Å². The molecule has 2 N–H and O–H groups in total. The Hall–Kier alpha value is -1.59. The minimum absolute atomic E-state index is 0.633. The van der Waals surface area contributed by atoms with E-state index in [0.29, 0.717) is 6.04 Å². The maximum Gasteiger partial charge on any atom is 0.191 e. The Morgan fingerprint density at radius 1 is 1.11 bits per heavy atom. The van der Waals surface area contributed by atoms with E-state index in [-0.39, 0.29) is 0 Å². The third kappa shape index (κ3) is 6.82. The average molecular weight is 374 g/mol. The van der Waals surface area contributed by atoms with Gasteiger partial charge >= 0.3 is 0 Å². The predicted octanol–water partition coefficient (Wildman–Crippen LogP) is 3.07. The van der Waals surface area contributed by atoms with Gasteiger partial charge in [0.25, 0.3) is 0 Å². The van der Waals surface area contributed by atoms with Gasteiger partial charge in [0.05, 0.1) is 6.54 Å². The molecular weight excluding hydrogens is 334 g/mol. The molecule has 1 heterocycles. The summed E-state index contributed by atoms with van der Waals surface area (Å²) in [5.74, 6) is 0.929. The van der Waals surface area contributed by atoms with E-state index < -0.39 is 0 Å². The molecule has 1 unspecified atom stereocenters. The first kappa shape index (κ1) is 21.7. The molecule has 1 aliphatic rings. The second-order valence-corrected chi connectivity index (χ2v) is 7.23. The predicted molar refractivity (Wildman–Crippen MR) is 116 cm³/mol. The summed E-state index contributed by atoms with van der Waals surface area (Å²) in [6, 6.07) is 9.33. The quantitative estimate of drug-likeness (QED) is 0.489. The lowest BCUT2D eigenvalue weighted by atomic mass is 10.1. The lowest BCUT2D eigenvalue weighted by molar-refractivity contribution is 0.267. The van der Waals surface area contributed by atoms with Crippen LogP contribution >= 0.6 is 0 Å². The smallest absolute Gasteiger partial charge is 0.191 e. The van der Waals surface area contributed by atoms with Crippen molar-refractivity contribution in [2.75, 3.05) is 39.3 Å². The van der Waals surface area contributed by atoms with Gasteiger partial charge in [0.1, 0.15) is 0 Å². The molecule has 5 nitrogen and oxygen atoms in total. The van der Waals surface area contributed by atoms with Gasteiger partial charge in [0.2, 0.25) is 0 Å². The van der Waals surface area contributed by atoms with E-state index >= 15 is 0 Å². The zero-order valence-corrected chi connectivity index (χ0v) is 17.8. The SMILES string of the molecule is CCNC(=NCc1ccccc1CN(CC)CC)NCC1CCCN1CC. The molecule has 27 heavy (non-hydrogen) atoms. The van der Waals surface area contributed by atoms with E-state index in [0.717, 1.165) is 51.8 Å². The van der Waals surface area contributed by atoms with Crippen molar-refractivity contribution in [1.29, 1.82) is 0 Å². The minimum Gasteiger partial charge on any atom is -0.357 e. The first-order chi connectivity index (χ1) is 13.2. The number of hydrogen-bond acceptors (Lipinski definition) is 3. The Kier molecular flexibility index (Phi) is 9.64. The van der Waals surface area contributed by atoms with Gasteiger partial charge in [-0.1, -0.05) is 45.0 Å². The lowest BCUT2D eigenvalue weighted by Gasteiger charge is -2.24. The molecule has 0 aliphatic carbocycles. The van der Waals surface area contributed by atoms with Crippen molar-refractivity contribution < 1.29 is 0 Å². The van der Waals surface area contributed by atoms with Crippen LogP contribution in [0.5, 0.6) is 0 Å². The van der Waals surface area contributed by atoms with E-state index in [9.17, 15) is 0 Å². The van der Waals surface area contributed by atoms with Crippen LogP contribution in [-0.4, -0.2) is 61.1 Å². The maximum absolute atomic E-state index is 4.87. The Labute approximate surface area is 166 Å². The minimum atomic E-state index is 0.633. The third-order valence-electron chi connectivity index (χ3n) is 5.57. The van der Waals surface area contributed by atoms with Crippen molar-refractivity contribution in [2.45, 2.75) is 59.7 Å². The molecule has 0 bridgehead atoms. The highest BCUT2D eigenvalue weighted by molar-refractivity contribution is 5.79. The lowest BCUT2D eigenvalue weighted by Crippen LogP contribution is -2.44. The van der Waals surface area contributed by atoms with Crippen molar-refractivity contribution in [3.63, 3.8) is 0 Å². The van der Waals surface area contributed by atoms with E-state index in [2.05, 4.69) is 72.4 Å². The fourth-order valence-corrected chi connectivity index (χ4v) is 3.82. The number of likely N-dealkylation sites (tertiary alicyclic amines) is 1. The number of aliphatic imine (C=N–C) groups is 1. The summed E-state index contributed by atoms with van der Waals surface area (Å²) in [5.41, 5.74) is 2.70. The van der Waals surface area contributed by atoms with Crippen LogP contribution < -0.4 is 10.6 Å². The van der Waals surface area contributed by atoms with Crippen molar-refractivity contribution >= 4 is 5.96 Å². The van der Waals surface area contributed by atoms with E-state index in [1.165, 1.54) is 30.5 Å². The Morgan fingerprint density at radius 2 is 1.85 bits per heavy atom. The van der Waals surface area contributed by atoms with Gasteiger partial charge < -0.3 is 10.6 Å². The molecule has 0 amide bonds. The van der Waals surface area contributed by atoms with E-state index in [4.69, 9.17) is 4.99 Å². The summed E-state index contributed by atoms with van der Waals surface area (Å²) >= 11 is 0. The highest BCUT2D eigenvalue weighted by atomic mass is 15.2. The van der Waals surface area contributed by atoms with Gasteiger partial charge in [0.15, 0.2) is 5.96 Å². The normalized spacial score (nSPS) is 18.3. The highest BCUT2D eigenvalue weighted by Crippen LogP contribution is 2.16. The summed E-state index contributed by atoms with van der Waals surface area (Å²) in [5, 5.41) is 6.97. The van der Waals surface area contributed by atoms with Crippen LogP contribution in [-0.2, 0) is 13.1 Å². The second kappa shape index (κ2) is 12.0. The van der Waals surface area contributed by atoms with Crippen molar-refractivity contribution in [3.05, 3.63) is 35.4 Å². The van der Waals surface area contributed by atoms with Crippen molar-refractivity contribution in [1.82, 2.24) is 20.4 Å². The number of rotatable bonds is 10. The molecule has 1 aliphatic heterocycles. The number of guanidine groups is 1. The number of benzene rings is 1. The van der Waals surface area contributed by atoms with Crippen LogP contribution in [0.2, 0.25) is 0 Å². The third-order valence-corrected chi connectivity index (χ3v) is 5.57. The number of likely N-dealkylation sites (N-methyl/N-ethyl adjacent to an activating group) is 1. The second-order valence-electron chi connectivity index (χ2n) is 7.23. The van der Waals surface area contributed by atoms with Crippen LogP contribution in [0, 0.1) is 0 Å². The maximum atomic E-state index is 4.87. The average Bonchev–Trinajstić information content (AvgIpc) is 3.16. The fraction of sp³-hybridized carbons (Fsp3) is 0.682. The summed E-state index contributed by atoms with van der Waals surface area (Å²) in [6.07, 6.45) is 2.60. The molecule has 1 fully saturated rings. The molecular formula is C22H39N5. The molecule has 1 atom stereocenters. The topological polar surface area (TPSA) is 42.9 Å². The van der Waals surface area contributed by atoms with E-state index in [1.807, 2.05) is 0 Å². The molecule has 1 aromatic carbocycles. The zero-order valence-electron chi connectivity index (χ0n) is 17.8. The first-order valence-corrected chi connectivity index (χ1v) is 10.8. The Bertz CT molecular complexity index is 568. The van der Waals surface area contributed by atoms with Crippen molar-refractivity contribution in [3.8, 4) is 0 Å². The molecule has 152 valence electrons. The standard InChI is InChI=1S/C22H39N5/c1-5-23-22(25-17-21-14-11-15-27(21)8-4)24-16-19-12-9-10-13-20(19)18-26(6-2)7-3/h9-10,12-13,21H,5-8,11,14-18H2,1-4H3,(H2,23,24,25). The van der Waals surface area contributed by atoms with Gasteiger partial charge in [-0.15, -0.1) is 0 Å². The number of nitrogens with zero attached hydrogens (tertiary/aromatic N) is 3. The highest BCUT2D eigenvalue weighted by Gasteiger charge is 2.22. The van der Waals surface area contributed by atoms with Crippen LogP contribution in [0.1, 0.15) is 51.7 Å². The number of hydrogen-bond donors (Lipinski definition) is 2. The largest absolute Gasteiger partial charge is 0.357 e. The molecule has 1 saturated heterocycles. The molecule has 0 saturated carbocycles. The Morgan fingerprint density at radius 3 is 2.52 bits per heavy atom. The first-order valence-electron chi connectivity index (χ1n) is 10.8. The van der Waals surface area contributed by atoms with Crippen LogP contribution in [0.4, 0.5) is 0 Å². The van der Waals surface area contributed by atoms with Crippen LogP contribution in [0.25, 0.3) is 0 Å². The molecule has 1 aromatic rings. The molecule has 0 aromatic heterocycles. The molecule has 2 rings (SSSR count). The molecule has 5 heteroatoms. The van der Waals surface area contributed by atoms with E-state index in [1.54, 1.807) is 0 Å². The Balaban J connectivity index is 1.99. The van der Waals surface area contributed by atoms with Gasteiger partial charge in [-0.25, -0.2) is 4.99 Å². The monoisotopic (exact) mass is 373 g/mol. The molecule has 0 spiro atoms. The summed E-state index contributed by atoms with van der Waals surface area (Å²) in [4.78, 5) is 9.89. The van der Waals surface area contributed by atoms with Crippen LogP contribution in [0.15, 0.2) is 29.3 Å². The summed E-state index contributed by atoms with van der Waals surface area (Å²) < 4.78 is 0. The summed E-state index contributed by atoms with van der Waals surface area (Å²) in [6.45, 7) is 16.9. The molecule has 0 radical (unpaired) electrons. The van der Waals surface area contributed by atoms with Gasteiger partial charge in [0, 0.05) is 25.7 Å². The van der Waals surface area contributed by atoms with Crippen molar-refractivity contribution in [2.24, 2.45) is 4.99 Å². The van der Waals surface area contributed by atoms with Crippen LogP contribution in [0.3, 0.4) is 0 Å². The summed E-state index contributed by atoms with van der Waals surface area (Å²) in [7, 11) is 0. The zero-order chi connectivity index (χ0) is 19.5. The van der Waals surface area contributed by atoms with Gasteiger partial charge in [-0.05, 0) is 57.1 Å². The van der Waals surface area contributed by atoms with Gasteiger partial charge in [-0.3, -0.25) is 9.80 Å². The number of nitrogens with one attached hydrogen (secondary N) is 2.